The summed E-state index contributed by atoms with van der Waals surface area (Å²) in [5, 5.41) is 6.00. The number of carbonyl (C=O) groups is 1. The summed E-state index contributed by atoms with van der Waals surface area (Å²) < 4.78 is 10.8. The Morgan fingerprint density at radius 3 is 2.88 bits per heavy atom. The van der Waals surface area contributed by atoms with Crippen LogP contribution in [-0.2, 0) is 6.54 Å². The van der Waals surface area contributed by atoms with Crippen molar-refractivity contribution in [2.75, 3.05) is 17.2 Å². The minimum absolute atomic E-state index is 0.226. The van der Waals surface area contributed by atoms with Gasteiger partial charge in [0.25, 0.3) is 5.91 Å². The van der Waals surface area contributed by atoms with E-state index in [0.29, 0.717) is 36.0 Å². The fraction of sp³-hybridized carbons (Fsp3) is 0.158. The highest BCUT2D eigenvalue weighted by molar-refractivity contribution is 6.05. The Hall–Kier alpha value is -3.28. The number of hydrogen-bond donors (Lipinski definition) is 2. The van der Waals surface area contributed by atoms with Crippen LogP contribution in [0.4, 0.5) is 11.5 Å². The van der Waals surface area contributed by atoms with E-state index in [4.69, 9.17) is 9.15 Å². The molecule has 0 fully saturated rings. The van der Waals surface area contributed by atoms with E-state index in [9.17, 15) is 4.79 Å². The number of para-hydroxylation sites is 2. The summed E-state index contributed by atoms with van der Waals surface area (Å²) in [6.45, 7) is 2.93. The number of pyridine rings is 1. The van der Waals surface area contributed by atoms with Crippen LogP contribution in [-0.4, -0.2) is 17.5 Å². The number of ether oxygens (including phenoxy) is 1. The maximum atomic E-state index is 12.5. The number of amides is 1. The molecule has 0 unspecified atom stereocenters. The van der Waals surface area contributed by atoms with Crippen molar-refractivity contribution in [1.82, 2.24) is 4.98 Å². The van der Waals surface area contributed by atoms with Crippen LogP contribution in [0.3, 0.4) is 0 Å². The first-order chi connectivity index (χ1) is 12.3. The van der Waals surface area contributed by atoms with E-state index < -0.39 is 0 Å². The van der Waals surface area contributed by atoms with Crippen molar-refractivity contribution in [2.24, 2.45) is 0 Å². The molecule has 0 bridgehead atoms. The van der Waals surface area contributed by atoms with Crippen LogP contribution in [0.2, 0.25) is 0 Å². The number of carbonyl (C=O) groups excluding carboxylic acids is 1. The lowest BCUT2D eigenvalue weighted by molar-refractivity contribution is 0.102. The fourth-order valence-corrected chi connectivity index (χ4v) is 2.31. The molecule has 1 amide bonds. The van der Waals surface area contributed by atoms with Crippen molar-refractivity contribution in [3.05, 3.63) is 72.3 Å². The summed E-state index contributed by atoms with van der Waals surface area (Å²) in [5.74, 6) is 1.81. The molecular formula is C19H19N3O3. The SMILES string of the molecule is CCOc1ccccc1NC(=O)c1ccnc(NCc2ccco2)c1. The number of nitrogens with zero attached hydrogens (tertiary/aromatic N) is 1. The molecule has 3 aromatic rings. The second kappa shape index (κ2) is 8.01. The quantitative estimate of drug-likeness (QED) is 0.683. The monoisotopic (exact) mass is 337 g/mol. The second-order valence-corrected chi connectivity index (χ2v) is 5.25. The van der Waals surface area contributed by atoms with Gasteiger partial charge in [-0.3, -0.25) is 4.79 Å². The van der Waals surface area contributed by atoms with E-state index in [0.717, 1.165) is 5.76 Å². The number of aromatic nitrogens is 1. The minimum Gasteiger partial charge on any atom is -0.492 e. The Balaban J connectivity index is 1.69. The zero-order valence-corrected chi connectivity index (χ0v) is 13.9. The molecule has 25 heavy (non-hydrogen) atoms. The van der Waals surface area contributed by atoms with Crippen molar-refractivity contribution in [3.63, 3.8) is 0 Å². The predicted molar refractivity (Wildman–Crippen MR) is 95.8 cm³/mol. The average molecular weight is 337 g/mol. The first kappa shape index (κ1) is 16.6. The second-order valence-electron chi connectivity index (χ2n) is 5.25. The van der Waals surface area contributed by atoms with Gasteiger partial charge in [-0.25, -0.2) is 4.98 Å². The third-order valence-corrected chi connectivity index (χ3v) is 3.48. The highest BCUT2D eigenvalue weighted by Gasteiger charge is 2.10. The number of furan rings is 1. The fourth-order valence-electron chi connectivity index (χ4n) is 2.31. The summed E-state index contributed by atoms with van der Waals surface area (Å²) in [4.78, 5) is 16.7. The van der Waals surface area contributed by atoms with Gasteiger partial charge >= 0.3 is 0 Å². The zero-order chi connectivity index (χ0) is 17.5. The normalized spacial score (nSPS) is 10.3. The van der Waals surface area contributed by atoms with E-state index in [1.165, 1.54) is 0 Å². The van der Waals surface area contributed by atoms with Gasteiger partial charge in [-0.15, -0.1) is 0 Å². The lowest BCUT2D eigenvalue weighted by Gasteiger charge is -2.11. The number of benzene rings is 1. The number of anilines is 2. The van der Waals surface area contributed by atoms with Gasteiger partial charge in [-0.1, -0.05) is 12.1 Å². The van der Waals surface area contributed by atoms with Crippen LogP contribution in [0.15, 0.2) is 65.4 Å². The number of nitrogens with one attached hydrogen (secondary N) is 2. The predicted octanol–water partition coefficient (Wildman–Crippen LogP) is 3.94. The summed E-state index contributed by atoms with van der Waals surface area (Å²) in [7, 11) is 0. The molecule has 0 saturated heterocycles. The average Bonchev–Trinajstić information content (AvgIpc) is 3.16. The van der Waals surface area contributed by atoms with Gasteiger partial charge in [0.1, 0.15) is 17.3 Å². The van der Waals surface area contributed by atoms with Gasteiger partial charge in [0.05, 0.1) is 25.1 Å². The van der Waals surface area contributed by atoms with Crippen molar-refractivity contribution in [2.45, 2.75) is 13.5 Å². The van der Waals surface area contributed by atoms with Crippen molar-refractivity contribution in [1.29, 1.82) is 0 Å². The van der Waals surface area contributed by atoms with Crippen LogP contribution in [0.25, 0.3) is 0 Å². The van der Waals surface area contributed by atoms with Gasteiger partial charge in [0.2, 0.25) is 0 Å². The Morgan fingerprint density at radius 1 is 1.20 bits per heavy atom. The molecule has 0 spiro atoms. The molecule has 0 aliphatic rings. The van der Waals surface area contributed by atoms with Gasteiger partial charge < -0.3 is 19.8 Å². The summed E-state index contributed by atoms with van der Waals surface area (Å²) >= 11 is 0. The van der Waals surface area contributed by atoms with E-state index >= 15 is 0 Å². The molecule has 2 aromatic heterocycles. The van der Waals surface area contributed by atoms with Gasteiger partial charge in [0, 0.05) is 11.8 Å². The molecule has 1 aromatic carbocycles. The van der Waals surface area contributed by atoms with E-state index in [1.807, 2.05) is 37.3 Å². The topological polar surface area (TPSA) is 76.4 Å². The maximum absolute atomic E-state index is 12.5. The van der Waals surface area contributed by atoms with Crippen molar-refractivity contribution in [3.8, 4) is 5.75 Å². The zero-order valence-electron chi connectivity index (χ0n) is 13.9. The third-order valence-electron chi connectivity index (χ3n) is 3.48. The van der Waals surface area contributed by atoms with Crippen LogP contribution in [0.1, 0.15) is 23.0 Å². The van der Waals surface area contributed by atoms with Crippen LogP contribution in [0, 0.1) is 0 Å². The summed E-state index contributed by atoms with van der Waals surface area (Å²) in [5.41, 5.74) is 1.14. The number of hydrogen-bond acceptors (Lipinski definition) is 5. The van der Waals surface area contributed by atoms with Gasteiger partial charge in [0.15, 0.2) is 0 Å². The molecule has 0 saturated carbocycles. The molecular weight excluding hydrogens is 318 g/mol. The summed E-state index contributed by atoms with van der Waals surface area (Å²) in [6, 6.07) is 14.4. The smallest absolute Gasteiger partial charge is 0.255 e. The van der Waals surface area contributed by atoms with E-state index in [1.54, 1.807) is 30.7 Å². The Bertz CT molecular complexity index is 831. The van der Waals surface area contributed by atoms with E-state index in [-0.39, 0.29) is 5.91 Å². The Kier molecular flexibility index (Phi) is 5.31. The van der Waals surface area contributed by atoms with Crippen LogP contribution >= 0.6 is 0 Å². The molecule has 2 N–H and O–H groups in total. The van der Waals surface area contributed by atoms with Gasteiger partial charge in [-0.2, -0.15) is 0 Å². The molecule has 6 heteroatoms. The lowest BCUT2D eigenvalue weighted by Crippen LogP contribution is -2.13. The lowest BCUT2D eigenvalue weighted by atomic mass is 10.2. The molecule has 3 rings (SSSR count). The standard InChI is InChI=1S/C19H19N3O3/c1-2-24-17-8-4-3-7-16(17)22-19(23)14-9-10-20-18(12-14)21-13-15-6-5-11-25-15/h3-12H,2,13H2,1H3,(H,20,21)(H,22,23). The molecule has 6 nitrogen and oxygen atoms in total. The third kappa shape index (κ3) is 4.38. The molecule has 0 aliphatic carbocycles. The first-order valence-electron chi connectivity index (χ1n) is 8.01. The van der Waals surface area contributed by atoms with E-state index in [2.05, 4.69) is 15.6 Å². The van der Waals surface area contributed by atoms with Crippen LogP contribution in [0.5, 0.6) is 5.75 Å². The highest BCUT2D eigenvalue weighted by atomic mass is 16.5. The minimum atomic E-state index is -0.226. The molecule has 0 radical (unpaired) electrons. The van der Waals surface area contributed by atoms with Crippen molar-refractivity contribution < 1.29 is 13.9 Å². The molecule has 2 heterocycles. The van der Waals surface area contributed by atoms with Crippen molar-refractivity contribution >= 4 is 17.4 Å². The van der Waals surface area contributed by atoms with Crippen LogP contribution < -0.4 is 15.4 Å². The van der Waals surface area contributed by atoms with Gasteiger partial charge in [-0.05, 0) is 43.3 Å². The Labute approximate surface area is 145 Å². The molecule has 0 aliphatic heterocycles. The Morgan fingerprint density at radius 2 is 2.08 bits per heavy atom. The first-order valence-corrected chi connectivity index (χ1v) is 8.01. The highest BCUT2D eigenvalue weighted by Crippen LogP contribution is 2.24. The molecule has 0 atom stereocenters. The maximum Gasteiger partial charge on any atom is 0.255 e. The summed E-state index contributed by atoms with van der Waals surface area (Å²) in [6.07, 6.45) is 3.21. The largest absolute Gasteiger partial charge is 0.492 e. The number of rotatable bonds is 7. The molecule has 128 valence electrons.